The first-order valence-electron chi connectivity index (χ1n) is 9.88. The maximum atomic E-state index is 12.5. The van der Waals surface area contributed by atoms with E-state index < -0.39 is 0 Å². The van der Waals surface area contributed by atoms with Crippen molar-refractivity contribution in [3.63, 3.8) is 0 Å². The lowest BCUT2D eigenvalue weighted by Crippen LogP contribution is -2.24. The van der Waals surface area contributed by atoms with Crippen molar-refractivity contribution < 1.29 is 4.79 Å². The van der Waals surface area contributed by atoms with Crippen LogP contribution in [-0.4, -0.2) is 22.4 Å². The van der Waals surface area contributed by atoms with Crippen LogP contribution in [0.25, 0.3) is 22.4 Å². The lowest BCUT2D eigenvalue weighted by molar-refractivity contribution is 0.0953. The van der Waals surface area contributed by atoms with E-state index >= 15 is 0 Å². The molecule has 1 heterocycles. The number of imidazole rings is 1. The molecule has 152 valence electrons. The fraction of sp³-hybridized carbons (Fsp3) is 0.167. The summed E-state index contributed by atoms with van der Waals surface area (Å²) in [6.45, 7) is 0.646. The van der Waals surface area contributed by atoms with Gasteiger partial charge < -0.3 is 10.3 Å². The third-order valence-electron chi connectivity index (χ3n) is 4.96. The molecule has 1 amide bonds. The minimum Gasteiger partial charge on any atom is -0.352 e. The van der Waals surface area contributed by atoms with Gasteiger partial charge in [0.2, 0.25) is 0 Å². The number of benzene rings is 3. The summed E-state index contributed by atoms with van der Waals surface area (Å²) in [7, 11) is 0. The SMILES string of the molecule is O=C(NCCCCc1ccccc1)c1ccc2nc(-c3c(Cl)cccc3Cl)[nH]c2c1. The summed E-state index contributed by atoms with van der Waals surface area (Å²) in [5.41, 5.74) is 4.08. The van der Waals surface area contributed by atoms with Crippen molar-refractivity contribution in [1.29, 1.82) is 0 Å². The van der Waals surface area contributed by atoms with Crippen molar-refractivity contribution in [3.05, 3.63) is 87.9 Å². The molecular weight excluding hydrogens is 417 g/mol. The number of nitrogens with one attached hydrogen (secondary N) is 2. The van der Waals surface area contributed by atoms with Gasteiger partial charge in [-0.05, 0) is 55.2 Å². The number of rotatable bonds is 7. The second-order valence-electron chi connectivity index (χ2n) is 7.11. The van der Waals surface area contributed by atoms with Gasteiger partial charge in [0.05, 0.1) is 26.6 Å². The molecule has 30 heavy (non-hydrogen) atoms. The minimum atomic E-state index is -0.0939. The third-order valence-corrected chi connectivity index (χ3v) is 5.59. The van der Waals surface area contributed by atoms with Gasteiger partial charge in [-0.3, -0.25) is 4.79 Å². The maximum absolute atomic E-state index is 12.5. The molecule has 0 fully saturated rings. The van der Waals surface area contributed by atoms with Crippen molar-refractivity contribution in [1.82, 2.24) is 15.3 Å². The number of hydrogen-bond acceptors (Lipinski definition) is 2. The number of fused-ring (bicyclic) bond motifs is 1. The van der Waals surface area contributed by atoms with Gasteiger partial charge in [0.1, 0.15) is 5.82 Å². The highest BCUT2D eigenvalue weighted by Gasteiger charge is 2.14. The summed E-state index contributed by atoms with van der Waals surface area (Å²) in [5, 5.41) is 4.04. The molecule has 0 spiro atoms. The molecule has 0 aliphatic rings. The molecule has 3 aromatic carbocycles. The molecule has 0 radical (unpaired) electrons. The fourth-order valence-corrected chi connectivity index (χ4v) is 3.97. The van der Waals surface area contributed by atoms with Gasteiger partial charge in [-0.2, -0.15) is 0 Å². The molecule has 6 heteroatoms. The highest BCUT2D eigenvalue weighted by atomic mass is 35.5. The van der Waals surface area contributed by atoms with Gasteiger partial charge >= 0.3 is 0 Å². The van der Waals surface area contributed by atoms with E-state index in [2.05, 4.69) is 27.4 Å². The molecule has 1 aromatic heterocycles. The van der Waals surface area contributed by atoms with Crippen molar-refractivity contribution in [2.75, 3.05) is 6.54 Å². The Morgan fingerprint density at radius 1 is 0.933 bits per heavy atom. The second-order valence-corrected chi connectivity index (χ2v) is 7.93. The summed E-state index contributed by atoms with van der Waals surface area (Å²) in [6.07, 6.45) is 2.98. The van der Waals surface area contributed by atoms with E-state index in [-0.39, 0.29) is 5.91 Å². The van der Waals surface area contributed by atoms with Gasteiger partial charge in [-0.15, -0.1) is 0 Å². The van der Waals surface area contributed by atoms with Crippen LogP contribution in [0.4, 0.5) is 0 Å². The van der Waals surface area contributed by atoms with Gasteiger partial charge in [0, 0.05) is 12.1 Å². The van der Waals surface area contributed by atoms with Crippen molar-refractivity contribution in [3.8, 4) is 11.4 Å². The van der Waals surface area contributed by atoms with Crippen LogP contribution in [0.2, 0.25) is 10.0 Å². The smallest absolute Gasteiger partial charge is 0.251 e. The number of aromatic nitrogens is 2. The summed E-state index contributed by atoms with van der Waals surface area (Å²) in [6, 6.07) is 21.1. The molecule has 4 rings (SSSR count). The normalized spacial score (nSPS) is 11.0. The van der Waals surface area contributed by atoms with Crippen LogP contribution in [0.1, 0.15) is 28.8 Å². The van der Waals surface area contributed by atoms with Crippen LogP contribution >= 0.6 is 23.2 Å². The van der Waals surface area contributed by atoms with Crippen LogP contribution in [0.15, 0.2) is 66.7 Å². The average Bonchev–Trinajstić information content (AvgIpc) is 3.16. The van der Waals surface area contributed by atoms with Crippen LogP contribution in [0.3, 0.4) is 0 Å². The Morgan fingerprint density at radius 2 is 1.70 bits per heavy atom. The highest BCUT2D eigenvalue weighted by molar-refractivity contribution is 6.39. The second kappa shape index (κ2) is 9.33. The number of hydrogen-bond donors (Lipinski definition) is 2. The predicted octanol–water partition coefficient (Wildman–Crippen LogP) is 6.29. The summed E-state index contributed by atoms with van der Waals surface area (Å²) in [5.74, 6) is 0.489. The molecule has 0 aliphatic carbocycles. The van der Waals surface area contributed by atoms with Crippen LogP contribution < -0.4 is 5.32 Å². The topological polar surface area (TPSA) is 57.8 Å². The van der Waals surface area contributed by atoms with Crippen molar-refractivity contribution in [2.24, 2.45) is 0 Å². The number of nitrogens with zero attached hydrogens (tertiary/aromatic N) is 1. The predicted molar refractivity (Wildman–Crippen MR) is 123 cm³/mol. The molecule has 4 aromatic rings. The molecule has 0 atom stereocenters. The number of H-pyrrole nitrogens is 1. The zero-order chi connectivity index (χ0) is 20.9. The molecule has 0 saturated carbocycles. The number of unbranched alkanes of at least 4 members (excludes halogenated alkanes) is 1. The van der Waals surface area contributed by atoms with Gasteiger partial charge in [0.25, 0.3) is 5.91 Å². The van der Waals surface area contributed by atoms with E-state index in [0.29, 0.717) is 33.5 Å². The van der Waals surface area contributed by atoms with E-state index in [1.54, 1.807) is 30.3 Å². The lowest BCUT2D eigenvalue weighted by Gasteiger charge is -2.05. The summed E-state index contributed by atoms with van der Waals surface area (Å²) < 4.78 is 0. The Morgan fingerprint density at radius 3 is 2.47 bits per heavy atom. The molecule has 0 aliphatic heterocycles. The maximum Gasteiger partial charge on any atom is 0.251 e. The van der Waals surface area contributed by atoms with Crippen LogP contribution in [0.5, 0.6) is 0 Å². The van der Waals surface area contributed by atoms with Gasteiger partial charge in [-0.1, -0.05) is 59.6 Å². The molecule has 4 nitrogen and oxygen atoms in total. The third kappa shape index (κ3) is 4.66. The van der Waals surface area contributed by atoms with Crippen molar-refractivity contribution >= 4 is 40.1 Å². The Hall–Kier alpha value is -2.82. The van der Waals surface area contributed by atoms with E-state index in [1.807, 2.05) is 24.3 Å². The highest BCUT2D eigenvalue weighted by Crippen LogP contribution is 2.33. The zero-order valence-electron chi connectivity index (χ0n) is 16.3. The Kier molecular flexibility index (Phi) is 6.36. The number of amides is 1. The lowest BCUT2D eigenvalue weighted by atomic mass is 10.1. The van der Waals surface area contributed by atoms with E-state index in [9.17, 15) is 4.79 Å². The standard InChI is InChI=1S/C24H21Cl2N3O/c25-18-10-6-11-19(26)22(18)23-28-20-13-12-17(15-21(20)29-23)24(30)27-14-5-4-9-16-7-2-1-3-8-16/h1-3,6-8,10-13,15H,4-5,9,14H2,(H,27,30)(H,28,29). The number of aryl methyl sites for hydroxylation is 1. The first-order chi connectivity index (χ1) is 14.6. The molecule has 0 unspecified atom stereocenters. The van der Waals surface area contributed by atoms with Crippen LogP contribution in [-0.2, 0) is 6.42 Å². The number of carbonyl (C=O) groups excluding carboxylic acids is 1. The van der Waals surface area contributed by atoms with Crippen LogP contribution in [0, 0.1) is 0 Å². The molecule has 2 N–H and O–H groups in total. The summed E-state index contributed by atoms with van der Waals surface area (Å²) >= 11 is 12.6. The Bertz CT molecular complexity index is 1150. The van der Waals surface area contributed by atoms with Gasteiger partial charge in [-0.25, -0.2) is 4.98 Å². The Balaban J connectivity index is 1.39. The fourth-order valence-electron chi connectivity index (χ4n) is 3.40. The molecule has 0 saturated heterocycles. The molecule has 0 bridgehead atoms. The largest absolute Gasteiger partial charge is 0.352 e. The number of carbonyl (C=O) groups is 1. The quantitative estimate of drug-likeness (QED) is 0.333. The van der Waals surface area contributed by atoms with E-state index in [0.717, 1.165) is 30.3 Å². The van der Waals surface area contributed by atoms with Crippen molar-refractivity contribution in [2.45, 2.75) is 19.3 Å². The number of halogens is 2. The first kappa shape index (κ1) is 20.5. The van der Waals surface area contributed by atoms with Gasteiger partial charge in [0.15, 0.2) is 0 Å². The van der Waals surface area contributed by atoms with E-state index in [1.165, 1.54) is 5.56 Å². The minimum absolute atomic E-state index is 0.0939. The number of aromatic amines is 1. The Labute approximate surface area is 185 Å². The zero-order valence-corrected chi connectivity index (χ0v) is 17.8. The summed E-state index contributed by atoms with van der Waals surface area (Å²) in [4.78, 5) is 20.3. The van der Waals surface area contributed by atoms with E-state index in [4.69, 9.17) is 23.2 Å². The monoisotopic (exact) mass is 437 g/mol. The average molecular weight is 438 g/mol. The first-order valence-corrected chi connectivity index (χ1v) is 10.6. The molecular formula is C24H21Cl2N3O.